The summed E-state index contributed by atoms with van der Waals surface area (Å²) in [7, 11) is 0. The Morgan fingerprint density at radius 3 is 2.45 bits per heavy atom. The topological polar surface area (TPSA) is 50.4 Å². The van der Waals surface area contributed by atoms with Crippen molar-refractivity contribution in [1.82, 2.24) is 5.32 Å². The highest BCUT2D eigenvalue weighted by molar-refractivity contribution is 5.90. The second-order valence-corrected chi connectivity index (χ2v) is 5.20. The highest BCUT2D eigenvalue weighted by Crippen LogP contribution is 2.21. The predicted molar refractivity (Wildman–Crippen MR) is 89.4 cm³/mol. The zero-order chi connectivity index (χ0) is 15.9. The van der Waals surface area contributed by atoms with E-state index in [0.717, 1.165) is 22.6 Å². The van der Waals surface area contributed by atoms with Crippen molar-refractivity contribution in [2.45, 2.75) is 27.3 Å². The van der Waals surface area contributed by atoms with Gasteiger partial charge in [0, 0.05) is 12.2 Å². The molecule has 0 aliphatic heterocycles. The molecule has 0 heterocycles. The third-order valence-electron chi connectivity index (χ3n) is 3.33. The molecule has 2 amide bonds. The van der Waals surface area contributed by atoms with Gasteiger partial charge in [0.2, 0.25) is 0 Å². The van der Waals surface area contributed by atoms with E-state index in [9.17, 15) is 4.79 Å². The van der Waals surface area contributed by atoms with Gasteiger partial charge in [-0.2, -0.15) is 0 Å². The summed E-state index contributed by atoms with van der Waals surface area (Å²) >= 11 is 0. The molecule has 4 heteroatoms. The Kier molecular flexibility index (Phi) is 5.42. The highest BCUT2D eigenvalue weighted by Gasteiger charge is 2.05. The fourth-order valence-corrected chi connectivity index (χ4v) is 2.09. The van der Waals surface area contributed by atoms with Crippen LogP contribution in [0, 0.1) is 13.8 Å². The summed E-state index contributed by atoms with van der Waals surface area (Å²) in [6, 6.07) is 13.5. The van der Waals surface area contributed by atoms with Gasteiger partial charge in [0.05, 0.1) is 6.61 Å². The molecule has 2 rings (SSSR count). The molecule has 0 spiro atoms. The molecule has 2 N–H and O–H groups in total. The molecule has 0 fully saturated rings. The van der Waals surface area contributed by atoms with Crippen molar-refractivity contribution in [2.75, 3.05) is 11.9 Å². The summed E-state index contributed by atoms with van der Waals surface area (Å²) in [5.74, 6) is 0.811. The molecular weight excluding hydrogens is 276 g/mol. The van der Waals surface area contributed by atoms with Gasteiger partial charge in [-0.25, -0.2) is 4.79 Å². The van der Waals surface area contributed by atoms with Crippen LogP contribution in [0.5, 0.6) is 5.75 Å². The number of nitrogens with one attached hydrogen (secondary N) is 2. The van der Waals surface area contributed by atoms with E-state index in [1.54, 1.807) is 0 Å². The standard InChI is InChI=1S/C18H22N2O2/c1-4-22-16-9-10-17(14(3)11-16)20-18(21)19-12-15-7-5-13(2)6-8-15/h5-11H,4,12H2,1-3H3,(H2,19,20,21). The number of benzene rings is 2. The zero-order valence-electron chi connectivity index (χ0n) is 13.3. The normalized spacial score (nSPS) is 10.1. The van der Waals surface area contributed by atoms with E-state index >= 15 is 0 Å². The molecule has 0 radical (unpaired) electrons. The number of urea groups is 1. The number of carbonyl (C=O) groups excluding carboxylic acids is 1. The number of hydrogen-bond donors (Lipinski definition) is 2. The number of amides is 2. The van der Waals surface area contributed by atoms with Crippen LogP contribution in [0.15, 0.2) is 42.5 Å². The summed E-state index contributed by atoms with van der Waals surface area (Å²) in [4.78, 5) is 12.0. The SMILES string of the molecule is CCOc1ccc(NC(=O)NCc2ccc(C)cc2)c(C)c1. The van der Waals surface area contributed by atoms with E-state index in [4.69, 9.17) is 4.74 Å². The largest absolute Gasteiger partial charge is 0.494 e. The third-order valence-corrected chi connectivity index (χ3v) is 3.33. The lowest BCUT2D eigenvalue weighted by molar-refractivity contribution is 0.251. The van der Waals surface area contributed by atoms with Crippen molar-refractivity contribution in [3.8, 4) is 5.75 Å². The first-order chi connectivity index (χ1) is 10.6. The first-order valence-electron chi connectivity index (χ1n) is 7.42. The quantitative estimate of drug-likeness (QED) is 0.875. The van der Waals surface area contributed by atoms with Crippen molar-refractivity contribution >= 4 is 11.7 Å². The van der Waals surface area contributed by atoms with Gasteiger partial charge in [-0.1, -0.05) is 29.8 Å². The minimum absolute atomic E-state index is 0.215. The van der Waals surface area contributed by atoms with Crippen LogP contribution in [-0.2, 0) is 6.54 Å². The van der Waals surface area contributed by atoms with Gasteiger partial charge in [-0.05, 0) is 50.1 Å². The van der Waals surface area contributed by atoms with E-state index < -0.39 is 0 Å². The number of hydrogen-bond acceptors (Lipinski definition) is 2. The van der Waals surface area contributed by atoms with Crippen LogP contribution < -0.4 is 15.4 Å². The molecule has 2 aromatic carbocycles. The molecule has 0 saturated heterocycles. The number of aryl methyl sites for hydroxylation is 2. The highest BCUT2D eigenvalue weighted by atomic mass is 16.5. The molecule has 0 bridgehead atoms. The van der Waals surface area contributed by atoms with Crippen molar-refractivity contribution in [1.29, 1.82) is 0 Å². The van der Waals surface area contributed by atoms with E-state index in [1.165, 1.54) is 5.56 Å². The van der Waals surface area contributed by atoms with Gasteiger partial charge in [-0.3, -0.25) is 0 Å². The van der Waals surface area contributed by atoms with E-state index in [0.29, 0.717) is 13.2 Å². The third kappa shape index (κ3) is 4.52. The first-order valence-corrected chi connectivity index (χ1v) is 7.42. The van der Waals surface area contributed by atoms with Gasteiger partial charge in [0.1, 0.15) is 5.75 Å². The minimum Gasteiger partial charge on any atom is -0.494 e. The number of rotatable bonds is 5. The van der Waals surface area contributed by atoms with Gasteiger partial charge in [0.25, 0.3) is 0 Å². The fourth-order valence-electron chi connectivity index (χ4n) is 2.09. The van der Waals surface area contributed by atoms with E-state index in [1.807, 2.05) is 63.2 Å². The number of ether oxygens (including phenoxy) is 1. The van der Waals surface area contributed by atoms with Crippen LogP contribution in [0.4, 0.5) is 10.5 Å². The van der Waals surface area contributed by atoms with Crippen LogP contribution in [-0.4, -0.2) is 12.6 Å². The van der Waals surface area contributed by atoms with Gasteiger partial charge < -0.3 is 15.4 Å². The predicted octanol–water partition coefficient (Wildman–Crippen LogP) is 4.02. The Balaban J connectivity index is 1.90. The van der Waals surface area contributed by atoms with E-state index in [2.05, 4.69) is 10.6 Å². The second-order valence-electron chi connectivity index (χ2n) is 5.20. The van der Waals surface area contributed by atoms with Crippen molar-refractivity contribution in [3.63, 3.8) is 0 Å². The Bertz CT molecular complexity index is 636. The maximum absolute atomic E-state index is 12.0. The van der Waals surface area contributed by atoms with Crippen molar-refractivity contribution in [3.05, 3.63) is 59.2 Å². The lowest BCUT2D eigenvalue weighted by atomic mass is 10.1. The molecule has 22 heavy (non-hydrogen) atoms. The minimum atomic E-state index is -0.215. The Morgan fingerprint density at radius 1 is 1.09 bits per heavy atom. The Morgan fingerprint density at radius 2 is 1.82 bits per heavy atom. The second kappa shape index (κ2) is 7.50. The summed E-state index contributed by atoms with van der Waals surface area (Å²) < 4.78 is 5.43. The monoisotopic (exact) mass is 298 g/mol. The molecule has 4 nitrogen and oxygen atoms in total. The van der Waals surface area contributed by atoms with Crippen LogP contribution in [0.3, 0.4) is 0 Å². The molecule has 0 unspecified atom stereocenters. The molecule has 0 aliphatic rings. The van der Waals surface area contributed by atoms with Gasteiger partial charge in [-0.15, -0.1) is 0 Å². The molecule has 0 aromatic heterocycles. The van der Waals surface area contributed by atoms with Crippen LogP contribution in [0.25, 0.3) is 0 Å². The number of carbonyl (C=O) groups is 1. The fraction of sp³-hybridized carbons (Fsp3) is 0.278. The van der Waals surface area contributed by atoms with Gasteiger partial charge >= 0.3 is 6.03 Å². The Labute approximate surface area is 131 Å². The summed E-state index contributed by atoms with van der Waals surface area (Å²) in [6.07, 6.45) is 0. The molecule has 0 saturated carbocycles. The maximum atomic E-state index is 12.0. The zero-order valence-corrected chi connectivity index (χ0v) is 13.3. The van der Waals surface area contributed by atoms with Gasteiger partial charge in [0.15, 0.2) is 0 Å². The molecule has 116 valence electrons. The van der Waals surface area contributed by atoms with Crippen molar-refractivity contribution < 1.29 is 9.53 Å². The summed E-state index contributed by atoms with van der Waals surface area (Å²) in [5.41, 5.74) is 4.03. The average Bonchev–Trinajstić information content (AvgIpc) is 2.50. The van der Waals surface area contributed by atoms with E-state index in [-0.39, 0.29) is 6.03 Å². The maximum Gasteiger partial charge on any atom is 0.319 e. The molecule has 0 aliphatic carbocycles. The smallest absolute Gasteiger partial charge is 0.319 e. The van der Waals surface area contributed by atoms with Crippen molar-refractivity contribution in [2.24, 2.45) is 0 Å². The average molecular weight is 298 g/mol. The lowest BCUT2D eigenvalue weighted by Gasteiger charge is -2.11. The summed E-state index contributed by atoms with van der Waals surface area (Å²) in [6.45, 7) is 7.06. The Hall–Kier alpha value is -2.49. The van der Waals surface area contributed by atoms with Crippen LogP contribution in [0.1, 0.15) is 23.6 Å². The molecular formula is C18H22N2O2. The summed E-state index contributed by atoms with van der Waals surface area (Å²) in [5, 5.41) is 5.71. The number of anilines is 1. The molecule has 0 atom stereocenters. The lowest BCUT2D eigenvalue weighted by Crippen LogP contribution is -2.28. The van der Waals surface area contributed by atoms with Crippen LogP contribution >= 0.6 is 0 Å². The molecule has 2 aromatic rings. The first kappa shape index (κ1) is 15.9. The van der Waals surface area contributed by atoms with Crippen LogP contribution in [0.2, 0.25) is 0 Å².